The first kappa shape index (κ1) is 26.3. The Labute approximate surface area is 245 Å². The minimum Gasteiger partial charge on any atom is -0.508 e. The highest BCUT2D eigenvalue weighted by molar-refractivity contribution is 6.36. The van der Waals surface area contributed by atoms with Crippen molar-refractivity contribution in [1.82, 2.24) is 19.9 Å². The van der Waals surface area contributed by atoms with Gasteiger partial charge in [0.25, 0.3) is 0 Å². The van der Waals surface area contributed by atoms with Crippen LogP contribution in [0, 0.1) is 17.7 Å². The van der Waals surface area contributed by atoms with Crippen molar-refractivity contribution >= 4 is 39.1 Å². The molecule has 2 aromatic carbocycles. The molecule has 4 aromatic rings. The summed E-state index contributed by atoms with van der Waals surface area (Å²) < 4.78 is 37.2. The van der Waals surface area contributed by atoms with Gasteiger partial charge in [0.05, 0.1) is 17.0 Å². The van der Waals surface area contributed by atoms with Crippen LogP contribution >= 0.6 is 11.6 Å². The Bertz CT molecular complexity index is 1740. The van der Waals surface area contributed by atoms with Gasteiger partial charge in [0, 0.05) is 54.1 Å². The lowest BCUT2D eigenvalue weighted by atomic mass is 9.74. The Morgan fingerprint density at radius 3 is 2.88 bits per heavy atom. The summed E-state index contributed by atoms with van der Waals surface area (Å²) in [5.41, 5.74) is -0.0200. The van der Waals surface area contributed by atoms with Crippen molar-refractivity contribution in [1.29, 1.82) is 0 Å². The van der Waals surface area contributed by atoms with Gasteiger partial charge in [-0.15, -0.1) is 0 Å². The summed E-state index contributed by atoms with van der Waals surface area (Å²) in [5, 5.41) is 22.8. The second-order valence-electron chi connectivity index (χ2n) is 12.3. The number of nitrogens with zero attached hydrogens (tertiary/aromatic N) is 5. The van der Waals surface area contributed by atoms with Crippen molar-refractivity contribution in [2.75, 3.05) is 37.7 Å². The summed E-state index contributed by atoms with van der Waals surface area (Å²) in [6.45, 7) is 2.72. The van der Waals surface area contributed by atoms with Gasteiger partial charge in [-0.2, -0.15) is 9.97 Å². The Balaban J connectivity index is 1.25. The number of ether oxygens (including phenoxy) is 1. The summed E-state index contributed by atoms with van der Waals surface area (Å²) in [4.78, 5) is 18.0. The molecule has 8 nitrogen and oxygen atoms in total. The molecule has 218 valence electrons. The lowest BCUT2D eigenvalue weighted by molar-refractivity contribution is -0.00399. The van der Waals surface area contributed by atoms with E-state index in [-0.39, 0.29) is 41.6 Å². The highest BCUT2D eigenvalue weighted by atomic mass is 35.5. The third-order valence-electron chi connectivity index (χ3n) is 9.87. The largest absolute Gasteiger partial charge is 0.508 e. The summed E-state index contributed by atoms with van der Waals surface area (Å²) in [5.74, 6) is 0.272. The van der Waals surface area contributed by atoms with Crippen LogP contribution < -0.4 is 9.64 Å². The molecule has 1 aliphatic carbocycles. The Morgan fingerprint density at radius 2 is 2.05 bits per heavy atom. The average Bonchev–Trinajstić information content (AvgIpc) is 3.61. The molecule has 42 heavy (non-hydrogen) atoms. The molecule has 3 aliphatic heterocycles. The minimum absolute atomic E-state index is 0.000592. The number of pyridine rings is 1. The number of aliphatic hydroxyl groups excluding tert-OH is 1. The van der Waals surface area contributed by atoms with Crippen molar-refractivity contribution in [3.8, 4) is 23.0 Å². The molecule has 8 rings (SSSR count). The van der Waals surface area contributed by atoms with Gasteiger partial charge < -0.3 is 19.8 Å². The number of aliphatic hydroxyl groups is 1. The summed E-state index contributed by atoms with van der Waals surface area (Å²) >= 11 is 6.54. The standard InChI is InChI=1S/C31H30ClF2N5O3/c32-23-4-1-3-16-7-19(40)9-20(25(16)23)27-26(34)28-21(11-35-27)29(38-12-17-8-24(41)22(17)14-38)37-30(36-28)42-15-31-5-2-6-39(31)13-18(33)10-31/h1,3-4,7,9,11,17-18,22,24,40-41H,2,5-6,8,10,12-15H2/t17-,18-,22+,24-,31+/m1/s1. The predicted molar refractivity (Wildman–Crippen MR) is 155 cm³/mol. The fourth-order valence-corrected chi connectivity index (χ4v) is 8.04. The SMILES string of the molecule is Oc1cc(-c2ncc3c(N4C[C@H]5C[C@@H](O)[C@H]5C4)nc(OC[C@@]45CCCN4C[C@H](F)C5)nc3c2F)c2c(Cl)cccc2c1. The maximum atomic E-state index is 16.6. The fourth-order valence-electron chi connectivity index (χ4n) is 7.76. The molecule has 4 fully saturated rings. The molecular weight excluding hydrogens is 564 g/mol. The predicted octanol–water partition coefficient (Wildman–Crippen LogP) is 5.12. The van der Waals surface area contributed by atoms with E-state index in [1.54, 1.807) is 30.5 Å². The van der Waals surface area contributed by atoms with Gasteiger partial charge in [-0.1, -0.05) is 23.7 Å². The van der Waals surface area contributed by atoms with Gasteiger partial charge in [-0.3, -0.25) is 9.88 Å². The van der Waals surface area contributed by atoms with E-state index in [0.29, 0.717) is 64.5 Å². The topological polar surface area (TPSA) is 94.8 Å². The van der Waals surface area contributed by atoms with Gasteiger partial charge in [-0.05, 0) is 55.3 Å². The molecule has 1 saturated carbocycles. The van der Waals surface area contributed by atoms with Crippen LogP contribution in [0.25, 0.3) is 32.9 Å². The maximum absolute atomic E-state index is 16.6. The zero-order valence-corrected chi connectivity index (χ0v) is 23.6. The van der Waals surface area contributed by atoms with Crippen LogP contribution in [0.3, 0.4) is 0 Å². The van der Waals surface area contributed by atoms with Gasteiger partial charge in [0.15, 0.2) is 5.82 Å². The number of hydrogen-bond donors (Lipinski definition) is 2. The second-order valence-corrected chi connectivity index (χ2v) is 12.7. The third kappa shape index (κ3) is 4.02. The first-order valence-electron chi connectivity index (χ1n) is 14.5. The number of anilines is 1. The number of phenols is 1. The highest BCUT2D eigenvalue weighted by Crippen LogP contribution is 2.45. The van der Waals surface area contributed by atoms with Gasteiger partial charge in [-0.25, -0.2) is 8.78 Å². The van der Waals surface area contributed by atoms with Crippen LogP contribution in [0.15, 0.2) is 36.5 Å². The number of halogens is 3. The lowest BCUT2D eigenvalue weighted by Crippen LogP contribution is -2.43. The molecule has 0 spiro atoms. The second kappa shape index (κ2) is 9.59. The summed E-state index contributed by atoms with van der Waals surface area (Å²) in [7, 11) is 0. The first-order chi connectivity index (χ1) is 20.3. The summed E-state index contributed by atoms with van der Waals surface area (Å²) in [6, 6.07) is 8.32. The van der Waals surface area contributed by atoms with Crippen molar-refractivity contribution in [3.63, 3.8) is 0 Å². The van der Waals surface area contributed by atoms with Gasteiger partial charge in [0.2, 0.25) is 0 Å². The van der Waals surface area contributed by atoms with E-state index >= 15 is 4.39 Å². The van der Waals surface area contributed by atoms with E-state index < -0.39 is 17.5 Å². The normalized spacial score (nSPS) is 28.8. The van der Waals surface area contributed by atoms with E-state index in [2.05, 4.69) is 19.8 Å². The smallest absolute Gasteiger partial charge is 0.319 e. The Kier molecular flexibility index (Phi) is 6.00. The minimum atomic E-state index is -0.900. The number of aromatic hydroxyl groups is 1. The Hall–Kier alpha value is -3.34. The van der Waals surface area contributed by atoms with E-state index in [1.807, 2.05) is 0 Å². The molecular formula is C31H30ClF2N5O3. The van der Waals surface area contributed by atoms with Crippen molar-refractivity contribution in [2.24, 2.45) is 11.8 Å². The molecule has 2 aromatic heterocycles. The molecule has 0 radical (unpaired) electrons. The van der Waals surface area contributed by atoms with Gasteiger partial charge in [0.1, 0.15) is 35.6 Å². The van der Waals surface area contributed by atoms with Crippen LogP contribution in [0.4, 0.5) is 14.6 Å². The molecule has 0 bridgehead atoms. The maximum Gasteiger partial charge on any atom is 0.319 e. The van der Waals surface area contributed by atoms with Crippen LogP contribution in [0.5, 0.6) is 11.8 Å². The van der Waals surface area contributed by atoms with Gasteiger partial charge >= 0.3 is 6.01 Å². The third-order valence-corrected chi connectivity index (χ3v) is 10.2. The van der Waals surface area contributed by atoms with E-state index in [9.17, 15) is 14.6 Å². The number of aromatic nitrogens is 3. The van der Waals surface area contributed by atoms with E-state index in [0.717, 1.165) is 25.8 Å². The molecule has 5 heterocycles. The fraction of sp³-hybridized carbons (Fsp3) is 0.452. The molecule has 11 heteroatoms. The van der Waals surface area contributed by atoms with Crippen LogP contribution in [0.2, 0.25) is 5.02 Å². The number of rotatable bonds is 5. The summed E-state index contributed by atoms with van der Waals surface area (Å²) in [6.07, 6.45) is 3.24. The number of fused-ring (bicyclic) bond motifs is 4. The Morgan fingerprint density at radius 1 is 1.17 bits per heavy atom. The number of phenolic OH excluding ortho intramolecular Hbond substituents is 1. The molecule has 2 N–H and O–H groups in total. The number of benzene rings is 2. The van der Waals surface area contributed by atoms with Crippen molar-refractivity contribution in [3.05, 3.63) is 47.4 Å². The van der Waals surface area contributed by atoms with Crippen LogP contribution in [0.1, 0.15) is 25.7 Å². The highest BCUT2D eigenvalue weighted by Gasteiger charge is 2.50. The van der Waals surface area contributed by atoms with Crippen molar-refractivity contribution < 1.29 is 23.7 Å². The quantitative estimate of drug-likeness (QED) is 0.330. The lowest BCUT2D eigenvalue weighted by Gasteiger charge is -2.34. The van der Waals surface area contributed by atoms with Crippen molar-refractivity contribution in [2.45, 2.75) is 43.5 Å². The monoisotopic (exact) mass is 593 g/mol. The van der Waals surface area contributed by atoms with Crippen LogP contribution in [-0.4, -0.2) is 80.7 Å². The number of hydrogen-bond acceptors (Lipinski definition) is 8. The first-order valence-corrected chi connectivity index (χ1v) is 14.9. The molecule has 0 amide bonds. The molecule has 4 aliphatic rings. The van der Waals surface area contributed by atoms with E-state index in [4.69, 9.17) is 21.3 Å². The zero-order chi connectivity index (χ0) is 28.7. The average molecular weight is 594 g/mol. The number of alkyl halides is 1. The molecule has 3 saturated heterocycles. The van der Waals surface area contributed by atoms with E-state index in [1.165, 1.54) is 6.07 Å². The van der Waals surface area contributed by atoms with Crippen LogP contribution in [-0.2, 0) is 0 Å². The zero-order valence-electron chi connectivity index (χ0n) is 22.8. The molecule has 0 unspecified atom stereocenters. The molecule has 5 atom stereocenters.